The van der Waals surface area contributed by atoms with Crippen LogP contribution in [0.5, 0.6) is 0 Å². The molecule has 0 aromatic heterocycles. The van der Waals surface area contributed by atoms with Crippen LogP contribution in [0.1, 0.15) is 0 Å². The molecular formula is N4O12Os. The smallest absolute Gasteiger partial charge is 0.356 e. The van der Waals surface area contributed by atoms with E-state index in [1.807, 2.05) is 0 Å². The van der Waals surface area contributed by atoms with Crippen molar-refractivity contribution in [2.75, 3.05) is 0 Å². The molecule has 0 amide bonds. The summed E-state index contributed by atoms with van der Waals surface area (Å²) >= 11 is 0. The second-order valence-electron chi connectivity index (χ2n) is 0.894. The summed E-state index contributed by atoms with van der Waals surface area (Å²) in [7, 11) is 0. The minimum Gasteiger partial charge on any atom is -0.356 e. The molecule has 0 heterocycles. The average molecular weight is 438 g/mol. The Bertz CT molecular complexity index is 159. The number of rotatable bonds is 0. The summed E-state index contributed by atoms with van der Waals surface area (Å²) in [5.41, 5.74) is 0. The zero-order chi connectivity index (χ0) is 14.3. The van der Waals surface area contributed by atoms with E-state index in [1.165, 1.54) is 0 Å². The van der Waals surface area contributed by atoms with Crippen molar-refractivity contribution in [2.24, 2.45) is 0 Å². The molecule has 0 aromatic carbocycles. The second kappa shape index (κ2) is 23.3. The van der Waals surface area contributed by atoms with Gasteiger partial charge in [0, 0.05) is 0 Å². The summed E-state index contributed by atoms with van der Waals surface area (Å²) in [5.74, 6) is 0. The van der Waals surface area contributed by atoms with Gasteiger partial charge in [0.05, 0.1) is 20.3 Å². The van der Waals surface area contributed by atoms with Gasteiger partial charge in [0.15, 0.2) is 0 Å². The molecule has 100 valence electrons. The quantitative estimate of drug-likeness (QED) is 0.327. The minimum atomic E-state index is -1.75. The molecule has 0 unspecified atom stereocenters. The van der Waals surface area contributed by atoms with E-state index in [2.05, 4.69) is 0 Å². The Morgan fingerprint density at radius 1 is 0.412 bits per heavy atom. The van der Waals surface area contributed by atoms with E-state index in [-0.39, 0.29) is 19.8 Å². The zero-order valence-corrected chi connectivity index (χ0v) is 9.58. The Labute approximate surface area is 102 Å². The van der Waals surface area contributed by atoms with Crippen LogP contribution in [0.3, 0.4) is 0 Å². The van der Waals surface area contributed by atoms with Gasteiger partial charge in [0.25, 0.3) is 0 Å². The molecule has 17 heavy (non-hydrogen) atoms. The van der Waals surface area contributed by atoms with Crippen LogP contribution in [-0.2, 0) is 19.8 Å². The Kier molecular flexibility index (Phi) is 40.2. The van der Waals surface area contributed by atoms with E-state index in [4.69, 9.17) is 61.3 Å². The maximum absolute atomic E-state index is 8.25. The van der Waals surface area contributed by atoms with Crippen LogP contribution in [0.2, 0.25) is 0 Å². The fourth-order valence-electron chi connectivity index (χ4n) is 0. The van der Waals surface area contributed by atoms with Gasteiger partial charge in [-0.3, -0.25) is 0 Å². The topological polar surface area (TPSA) is 265 Å². The van der Waals surface area contributed by atoms with Crippen molar-refractivity contribution in [1.82, 2.24) is 0 Å². The first kappa shape index (κ1) is 29.3. The molecule has 0 spiro atoms. The summed E-state index contributed by atoms with van der Waals surface area (Å²) in [4.78, 5) is 33.0. The maximum Gasteiger partial charge on any atom is 4.00 e. The zero-order valence-electron chi connectivity index (χ0n) is 7.04. The SMILES string of the molecule is O=[N+]([O-])[O-].O=[N+]([O-])[O-].O=[N+]([O-])[O-].O=[N+]([O-])[O-].[Os+4]. The predicted octanol–water partition coefficient (Wildman–Crippen LogP) is -0.959. The third kappa shape index (κ3) is 267. The summed E-state index contributed by atoms with van der Waals surface area (Å²) in [6.07, 6.45) is 0. The van der Waals surface area contributed by atoms with Gasteiger partial charge in [-0.15, -0.1) is 0 Å². The number of hydrogen-bond donors (Lipinski definition) is 0. The Hall–Kier alpha value is -2.56. The second-order valence-corrected chi connectivity index (χ2v) is 0.894. The molecule has 0 aromatic rings. The monoisotopic (exact) mass is 440 g/mol. The van der Waals surface area contributed by atoms with Gasteiger partial charge in [-0.05, 0) is 0 Å². The molecule has 0 aliphatic rings. The fraction of sp³-hybridized carbons (Fsp3) is 0. The normalized spacial score (nSPS) is 5.65. The van der Waals surface area contributed by atoms with Crippen molar-refractivity contribution in [1.29, 1.82) is 0 Å². The summed E-state index contributed by atoms with van der Waals surface area (Å²) in [5, 5.41) is 59.0. The van der Waals surface area contributed by atoms with Crippen LogP contribution in [0.4, 0.5) is 0 Å². The molecule has 0 saturated carbocycles. The van der Waals surface area contributed by atoms with Crippen molar-refractivity contribution in [2.45, 2.75) is 0 Å². The van der Waals surface area contributed by atoms with E-state index in [0.717, 1.165) is 0 Å². The van der Waals surface area contributed by atoms with Crippen molar-refractivity contribution < 1.29 is 40.1 Å². The largest absolute Gasteiger partial charge is 4.00 e. The van der Waals surface area contributed by atoms with Gasteiger partial charge < -0.3 is 61.3 Å². The van der Waals surface area contributed by atoms with Crippen LogP contribution in [0.25, 0.3) is 0 Å². The maximum atomic E-state index is 8.25. The molecule has 0 bridgehead atoms. The summed E-state index contributed by atoms with van der Waals surface area (Å²) in [6.45, 7) is 0. The Morgan fingerprint density at radius 3 is 0.412 bits per heavy atom. The van der Waals surface area contributed by atoms with Gasteiger partial charge in [0.2, 0.25) is 0 Å². The van der Waals surface area contributed by atoms with Gasteiger partial charge in [-0.1, -0.05) is 0 Å². The molecule has 0 fully saturated rings. The van der Waals surface area contributed by atoms with E-state index in [9.17, 15) is 0 Å². The molecule has 0 radical (unpaired) electrons. The molecule has 17 heteroatoms. The Morgan fingerprint density at radius 2 is 0.412 bits per heavy atom. The third-order valence-electron chi connectivity index (χ3n) is 0. The van der Waals surface area contributed by atoms with E-state index in [0.29, 0.717) is 0 Å². The van der Waals surface area contributed by atoms with Crippen LogP contribution in [0.15, 0.2) is 0 Å². The number of nitrogens with zero attached hydrogens (tertiary/aromatic N) is 4. The van der Waals surface area contributed by atoms with Gasteiger partial charge in [-0.25, -0.2) is 0 Å². The van der Waals surface area contributed by atoms with Crippen molar-refractivity contribution >= 4 is 0 Å². The molecule has 0 rings (SSSR count). The molecular weight excluding hydrogens is 438 g/mol. The fourth-order valence-corrected chi connectivity index (χ4v) is 0. The molecule has 0 aliphatic heterocycles. The predicted molar refractivity (Wildman–Crippen MR) is 41.4 cm³/mol. The molecule has 0 atom stereocenters. The van der Waals surface area contributed by atoms with Crippen LogP contribution in [-0.4, -0.2) is 20.3 Å². The third-order valence-corrected chi connectivity index (χ3v) is 0. The van der Waals surface area contributed by atoms with Gasteiger partial charge in [0.1, 0.15) is 0 Å². The van der Waals surface area contributed by atoms with Gasteiger partial charge >= 0.3 is 19.8 Å². The standard InChI is InChI=1S/4NO3.Os/c4*2-1(3)4;/q4*-1;+4. The minimum absolute atomic E-state index is 0. The molecule has 16 nitrogen and oxygen atoms in total. The first-order valence-electron chi connectivity index (χ1n) is 2.19. The molecule has 0 N–H and O–H groups in total. The first-order chi connectivity index (χ1) is 6.93. The van der Waals surface area contributed by atoms with Gasteiger partial charge in [-0.2, -0.15) is 0 Å². The first-order valence-corrected chi connectivity index (χ1v) is 2.19. The Balaban J connectivity index is -0.0000000369. The number of hydrogen-bond acceptors (Lipinski definition) is 12. The summed E-state index contributed by atoms with van der Waals surface area (Å²) < 4.78 is 0. The average Bonchev–Trinajstić information content (AvgIpc) is 1.76. The van der Waals surface area contributed by atoms with Crippen LogP contribution < -0.4 is 0 Å². The van der Waals surface area contributed by atoms with E-state index >= 15 is 0 Å². The van der Waals surface area contributed by atoms with E-state index < -0.39 is 20.3 Å². The van der Waals surface area contributed by atoms with Crippen LogP contribution in [0, 0.1) is 61.3 Å². The van der Waals surface area contributed by atoms with Crippen molar-refractivity contribution in [3.63, 3.8) is 0 Å². The summed E-state index contributed by atoms with van der Waals surface area (Å²) in [6, 6.07) is 0. The van der Waals surface area contributed by atoms with Crippen LogP contribution >= 0.6 is 0 Å². The molecule has 0 saturated heterocycles. The van der Waals surface area contributed by atoms with Crippen molar-refractivity contribution in [3.8, 4) is 0 Å². The molecule has 0 aliphatic carbocycles. The van der Waals surface area contributed by atoms with E-state index in [1.54, 1.807) is 0 Å². The van der Waals surface area contributed by atoms with Crippen molar-refractivity contribution in [3.05, 3.63) is 61.3 Å².